The molecule has 0 bridgehead atoms. The van der Waals surface area contributed by atoms with Crippen LogP contribution in [0.15, 0.2) is 58.3 Å². The first-order valence-electron chi connectivity index (χ1n) is 12.0. The van der Waals surface area contributed by atoms with Crippen molar-refractivity contribution in [2.45, 2.75) is 90.1 Å². The van der Waals surface area contributed by atoms with Crippen LogP contribution in [0.4, 0.5) is 0 Å². The van der Waals surface area contributed by atoms with Gasteiger partial charge in [-0.2, -0.15) is 16.8 Å². The van der Waals surface area contributed by atoms with E-state index in [2.05, 4.69) is 4.18 Å². The van der Waals surface area contributed by atoms with Crippen LogP contribution >= 0.6 is 0 Å². The Kier molecular flexibility index (Phi) is 15.5. The lowest BCUT2D eigenvalue weighted by atomic mass is 10.1. The zero-order valence-corrected chi connectivity index (χ0v) is 23.9. The highest BCUT2D eigenvalue weighted by Gasteiger charge is 2.26. The molecule has 0 aliphatic rings. The average Bonchev–Trinajstić information content (AvgIpc) is 2.77. The number of aliphatic hydroxyl groups excluding tert-OH is 3. The van der Waals surface area contributed by atoms with Crippen molar-refractivity contribution in [2.24, 2.45) is 11.8 Å². The zero-order chi connectivity index (χ0) is 28.4. The number of aryl methyl sites for hydroxylation is 2. The van der Waals surface area contributed by atoms with Gasteiger partial charge in [0.15, 0.2) is 6.29 Å². The molecule has 218 valence electrons. The van der Waals surface area contributed by atoms with Gasteiger partial charge in [-0.25, -0.2) is 4.18 Å². The van der Waals surface area contributed by atoms with Crippen LogP contribution in [-0.2, 0) is 28.6 Å². The van der Waals surface area contributed by atoms with Crippen LogP contribution in [-0.4, -0.2) is 57.3 Å². The predicted molar refractivity (Wildman–Crippen MR) is 147 cm³/mol. The SMILES string of the molecule is C.Cc1ccc(S(=O)(=O)OC(O)C(O)CC(C)C)cc1.Cc1ccc(S(=O)(=O)OCC(O)CC(C)C)cc1. The van der Waals surface area contributed by atoms with Crippen molar-refractivity contribution in [3.8, 4) is 0 Å². The van der Waals surface area contributed by atoms with Crippen LogP contribution in [0.2, 0.25) is 0 Å². The normalized spacial score (nSPS) is 14.3. The third-order valence-corrected chi connectivity index (χ3v) is 7.64. The number of rotatable bonds is 12. The van der Waals surface area contributed by atoms with Gasteiger partial charge in [-0.1, -0.05) is 70.5 Å². The second-order valence-electron chi connectivity index (χ2n) is 9.79. The summed E-state index contributed by atoms with van der Waals surface area (Å²) in [6.07, 6.45) is -2.98. The molecule has 3 N–H and O–H groups in total. The number of benzene rings is 2. The minimum atomic E-state index is -4.07. The molecule has 0 heterocycles. The van der Waals surface area contributed by atoms with Gasteiger partial charge in [0.25, 0.3) is 20.2 Å². The molecule has 2 rings (SSSR count). The molecule has 9 nitrogen and oxygen atoms in total. The summed E-state index contributed by atoms with van der Waals surface area (Å²) in [7, 11) is -7.83. The highest BCUT2D eigenvalue weighted by molar-refractivity contribution is 7.87. The largest absolute Gasteiger partial charge is 0.391 e. The molecular formula is C27H44O9S2. The summed E-state index contributed by atoms with van der Waals surface area (Å²) < 4.78 is 56.7. The van der Waals surface area contributed by atoms with Crippen LogP contribution in [0.25, 0.3) is 0 Å². The van der Waals surface area contributed by atoms with E-state index >= 15 is 0 Å². The lowest BCUT2D eigenvalue weighted by Crippen LogP contribution is -2.32. The van der Waals surface area contributed by atoms with E-state index in [1.807, 2.05) is 41.5 Å². The predicted octanol–water partition coefficient (Wildman–Crippen LogP) is 4.17. The molecular weight excluding hydrogens is 532 g/mol. The Morgan fingerprint density at radius 1 is 0.684 bits per heavy atom. The zero-order valence-electron chi connectivity index (χ0n) is 22.2. The number of aliphatic hydroxyl groups is 3. The summed E-state index contributed by atoms with van der Waals surface area (Å²) in [5.41, 5.74) is 1.90. The Hall–Kier alpha value is -1.86. The summed E-state index contributed by atoms with van der Waals surface area (Å²) in [6.45, 7) is 11.1. The minimum Gasteiger partial charge on any atom is -0.391 e. The van der Waals surface area contributed by atoms with Gasteiger partial charge in [0.2, 0.25) is 0 Å². The first-order chi connectivity index (χ1) is 17.0. The molecule has 38 heavy (non-hydrogen) atoms. The summed E-state index contributed by atoms with van der Waals surface area (Å²) in [6, 6.07) is 12.5. The van der Waals surface area contributed by atoms with Crippen molar-refractivity contribution >= 4 is 20.2 Å². The Morgan fingerprint density at radius 2 is 1.08 bits per heavy atom. The number of hydrogen-bond donors (Lipinski definition) is 3. The van der Waals surface area contributed by atoms with Gasteiger partial charge in [0.1, 0.15) is 6.10 Å². The summed E-state index contributed by atoms with van der Waals surface area (Å²) >= 11 is 0. The number of hydrogen-bond acceptors (Lipinski definition) is 9. The van der Waals surface area contributed by atoms with E-state index in [-0.39, 0.29) is 36.2 Å². The summed E-state index contributed by atoms with van der Waals surface area (Å²) in [5, 5.41) is 28.8. The van der Waals surface area contributed by atoms with Crippen LogP contribution in [0.3, 0.4) is 0 Å². The molecule has 3 atom stereocenters. The van der Waals surface area contributed by atoms with E-state index in [9.17, 15) is 32.2 Å². The standard InChI is InChI=1S/C13H20O5S.C13H20O4S.CH4/c1-9(2)8-12(14)13(15)18-19(16,17)11-6-4-10(3)5-7-11;1-10(2)8-12(14)9-17-18(15,16)13-6-4-11(3)5-7-13;/h4-7,9,12-15H,8H2,1-3H3;4-7,10,12,14H,8-9H2,1-3H3;1H4. The van der Waals surface area contributed by atoms with Crippen molar-refractivity contribution in [1.82, 2.24) is 0 Å². The van der Waals surface area contributed by atoms with Gasteiger partial charge in [-0.15, -0.1) is 0 Å². The molecule has 2 aromatic carbocycles. The maximum Gasteiger partial charge on any atom is 0.299 e. The van der Waals surface area contributed by atoms with Crippen LogP contribution in [0.1, 0.15) is 59.1 Å². The van der Waals surface area contributed by atoms with E-state index in [4.69, 9.17) is 4.18 Å². The molecule has 0 fully saturated rings. The van der Waals surface area contributed by atoms with E-state index in [0.717, 1.165) is 11.1 Å². The molecule has 0 aromatic heterocycles. The second-order valence-corrected chi connectivity index (χ2v) is 13.0. The first-order valence-corrected chi connectivity index (χ1v) is 14.9. The second kappa shape index (κ2) is 16.3. The van der Waals surface area contributed by atoms with Gasteiger partial charge in [-0.3, -0.25) is 4.18 Å². The van der Waals surface area contributed by atoms with E-state index in [1.54, 1.807) is 24.3 Å². The van der Waals surface area contributed by atoms with E-state index < -0.39 is 38.7 Å². The fourth-order valence-electron chi connectivity index (χ4n) is 3.11. The van der Waals surface area contributed by atoms with Gasteiger partial charge < -0.3 is 15.3 Å². The van der Waals surface area contributed by atoms with Crippen molar-refractivity contribution < 1.29 is 40.5 Å². The highest BCUT2D eigenvalue weighted by atomic mass is 32.2. The van der Waals surface area contributed by atoms with Crippen molar-refractivity contribution in [3.63, 3.8) is 0 Å². The molecule has 3 unspecified atom stereocenters. The Labute approximate surface area is 228 Å². The summed E-state index contributed by atoms with van der Waals surface area (Å²) in [4.78, 5) is 0.0683. The van der Waals surface area contributed by atoms with Gasteiger partial charge in [-0.05, 0) is 62.8 Å². The highest BCUT2D eigenvalue weighted by Crippen LogP contribution is 2.18. The smallest absolute Gasteiger partial charge is 0.299 e. The molecule has 0 amide bonds. The van der Waals surface area contributed by atoms with E-state index in [0.29, 0.717) is 12.3 Å². The Morgan fingerprint density at radius 3 is 1.47 bits per heavy atom. The maximum atomic E-state index is 11.9. The quantitative estimate of drug-likeness (QED) is 0.250. The molecule has 0 radical (unpaired) electrons. The first kappa shape index (κ1) is 36.1. The molecule has 2 aromatic rings. The lowest BCUT2D eigenvalue weighted by Gasteiger charge is -2.19. The van der Waals surface area contributed by atoms with Crippen molar-refractivity contribution in [3.05, 3.63) is 59.7 Å². The monoisotopic (exact) mass is 576 g/mol. The Balaban J connectivity index is 0.000000703. The molecule has 0 aliphatic carbocycles. The lowest BCUT2D eigenvalue weighted by molar-refractivity contribution is -0.106. The van der Waals surface area contributed by atoms with Crippen LogP contribution < -0.4 is 0 Å². The summed E-state index contributed by atoms with van der Waals surface area (Å²) in [5.74, 6) is 0.418. The molecule has 0 spiro atoms. The fourth-order valence-corrected chi connectivity index (χ4v) is 5.02. The molecule has 0 saturated carbocycles. The molecule has 0 aliphatic heterocycles. The van der Waals surface area contributed by atoms with Gasteiger partial charge in [0.05, 0.1) is 22.5 Å². The minimum absolute atomic E-state index is 0. The van der Waals surface area contributed by atoms with Gasteiger partial charge >= 0.3 is 0 Å². The average molecular weight is 577 g/mol. The van der Waals surface area contributed by atoms with Crippen molar-refractivity contribution in [1.29, 1.82) is 0 Å². The molecule has 11 heteroatoms. The third kappa shape index (κ3) is 13.3. The third-order valence-electron chi connectivity index (χ3n) is 5.05. The maximum absolute atomic E-state index is 11.9. The molecule has 0 saturated heterocycles. The van der Waals surface area contributed by atoms with Gasteiger partial charge in [0, 0.05) is 0 Å². The van der Waals surface area contributed by atoms with E-state index in [1.165, 1.54) is 24.3 Å². The Bertz CT molecular complexity index is 1140. The van der Waals surface area contributed by atoms with Crippen molar-refractivity contribution in [2.75, 3.05) is 6.61 Å². The van der Waals surface area contributed by atoms with Crippen LogP contribution in [0, 0.1) is 25.7 Å². The fraction of sp³-hybridized carbons (Fsp3) is 0.556. The topological polar surface area (TPSA) is 147 Å². The van der Waals surface area contributed by atoms with Crippen LogP contribution in [0.5, 0.6) is 0 Å².